The summed E-state index contributed by atoms with van der Waals surface area (Å²) in [6, 6.07) is 16.5. The number of carbonyl (C=O) groups is 3. The Labute approximate surface area is 193 Å². The van der Waals surface area contributed by atoms with Crippen molar-refractivity contribution in [3.05, 3.63) is 69.3 Å². The van der Waals surface area contributed by atoms with Crippen LogP contribution in [0.1, 0.15) is 36.8 Å². The highest BCUT2D eigenvalue weighted by molar-refractivity contribution is 14.1. The van der Waals surface area contributed by atoms with Crippen LogP contribution in [0, 0.1) is 3.57 Å². The topological polar surface area (TPSA) is 82.1 Å². The highest BCUT2D eigenvalue weighted by atomic mass is 127. The molecule has 162 valence electrons. The molecule has 1 unspecified atom stereocenters. The van der Waals surface area contributed by atoms with Crippen LogP contribution in [0.15, 0.2) is 54.6 Å². The third kappa shape index (κ3) is 5.00. The number of nitrogens with zero attached hydrogens (tertiary/aromatic N) is 1. The molecule has 1 aliphatic carbocycles. The molecule has 2 aromatic carbocycles. The molecule has 4 rings (SSSR count). The monoisotopic (exact) mass is 535 g/mol. The van der Waals surface area contributed by atoms with Gasteiger partial charge in [-0.2, -0.15) is 0 Å². The number of hydrogen-bond donors (Lipinski definition) is 0. The van der Waals surface area contributed by atoms with E-state index in [2.05, 4.69) is 22.6 Å². The summed E-state index contributed by atoms with van der Waals surface area (Å²) < 4.78 is 17.7. The van der Waals surface area contributed by atoms with Gasteiger partial charge in [-0.25, -0.2) is 4.79 Å². The summed E-state index contributed by atoms with van der Waals surface area (Å²) in [6.45, 7) is 0.355. The Hall–Kier alpha value is -2.62. The first-order valence-electron chi connectivity index (χ1n) is 10.1. The Kier molecular flexibility index (Phi) is 6.45. The predicted molar refractivity (Wildman–Crippen MR) is 119 cm³/mol. The van der Waals surface area contributed by atoms with Crippen LogP contribution in [0.4, 0.5) is 4.79 Å². The Balaban J connectivity index is 1.59. The Morgan fingerprint density at radius 1 is 1.03 bits per heavy atom. The average Bonchev–Trinajstić information content (AvgIpc) is 3.13. The van der Waals surface area contributed by atoms with Gasteiger partial charge < -0.3 is 14.2 Å². The Morgan fingerprint density at radius 2 is 1.71 bits per heavy atom. The minimum absolute atomic E-state index is 0.113. The van der Waals surface area contributed by atoms with Gasteiger partial charge in [0.2, 0.25) is 0 Å². The van der Waals surface area contributed by atoms with Gasteiger partial charge in [0.1, 0.15) is 19.1 Å². The molecule has 7 nitrogen and oxygen atoms in total. The van der Waals surface area contributed by atoms with E-state index in [9.17, 15) is 14.4 Å². The van der Waals surface area contributed by atoms with Gasteiger partial charge in [-0.1, -0.05) is 42.5 Å². The molecule has 0 radical (unpaired) electrons. The second-order valence-corrected chi connectivity index (χ2v) is 8.88. The van der Waals surface area contributed by atoms with Gasteiger partial charge in [0, 0.05) is 16.5 Å². The van der Waals surface area contributed by atoms with Gasteiger partial charge in [-0.05, 0) is 58.7 Å². The van der Waals surface area contributed by atoms with Crippen LogP contribution in [0.25, 0.3) is 0 Å². The van der Waals surface area contributed by atoms with Crippen LogP contribution in [0.2, 0.25) is 0 Å². The normalized spacial score (nSPS) is 19.6. The lowest BCUT2D eigenvalue weighted by Gasteiger charge is -2.41. The van der Waals surface area contributed by atoms with Gasteiger partial charge >= 0.3 is 18.0 Å². The maximum absolute atomic E-state index is 13.2. The zero-order valence-electron chi connectivity index (χ0n) is 16.8. The molecular formula is C23H22INO6. The van der Waals surface area contributed by atoms with Crippen LogP contribution >= 0.6 is 22.6 Å². The number of amides is 1. The molecule has 1 aliphatic heterocycles. The smallest absolute Gasteiger partial charge is 0.410 e. The number of ether oxygens (including phenoxy) is 3. The maximum atomic E-state index is 13.2. The molecule has 1 spiro atoms. The van der Waals surface area contributed by atoms with Crippen molar-refractivity contribution in [2.24, 2.45) is 0 Å². The van der Waals surface area contributed by atoms with Crippen LogP contribution in [0.3, 0.4) is 0 Å². The second kappa shape index (κ2) is 9.25. The molecule has 8 heteroatoms. The van der Waals surface area contributed by atoms with Gasteiger partial charge in [-0.3, -0.25) is 14.5 Å². The van der Waals surface area contributed by atoms with E-state index >= 15 is 0 Å². The first-order chi connectivity index (χ1) is 14.9. The van der Waals surface area contributed by atoms with Crippen LogP contribution in [0.5, 0.6) is 0 Å². The predicted octanol–water partition coefficient (Wildman–Crippen LogP) is 4.17. The van der Waals surface area contributed by atoms with E-state index in [0.29, 0.717) is 19.3 Å². The fourth-order valence-corrected chi connectivity index (χ4v) is 4.41. The molecular weight excluding hydrogens is 513 g/mol. The van der Waals surface area contributed by atoms with Crippen LogP contribution in [-0.4, -0.2) is 34.8 Å². The van der Waals surface area contributed by atoms with Crippen molar-refractivity contribution >= 4 is 40.6 Å². The number of benzene rings is 2. The zero-order chi connectivity index (χ0) is 21.8. The average molecular weight is 535 g/mol. The quantitative estimate of drug-likeness (QED) is 0.325. The molecule has 0 N–H and O–H groups in total. The lowest BCUT2D eigenvalue weighted by Crippen LogP contribution is -2.58. The van der Waals surface area contributed by atoms with Crippen molar-refractivity contribution in [3.8, 4) is 0 Å². The molecule has 1 atom stereocenters. The van der Waals surface area contributed by atoms with Gasteiger partial charge in [0.25, 0.3) is 5.79 Å². The van der Waals surface area contributed by atoms with E-state index in [1.165, 1.54) is 4.90 Å². The lowest BCUT2D eigenvalue weighted by atomic mass is 10.1. The summed E-state index contributed by atoms with van der Waals surface area (Å²) in [5.41, 5.74) is 1.76. The molecule has 1 heterocycles. The number of halogens is 1. The van der Waals surface area contributed by atoms with Crippen molar-refractivity contribution in [2.75, 3.05) is 0 Å². The molecule has 1 saturated heterocycles. The van der Waals surface area contributed by atoms with Gasteiger partial charge in [0.15, 0.2) is 0 Å². The first kappa shape index (κ1) is 21.6. The number of rotatable bonds is 5. The first-order valence-corrected chi connectivity index (χ1v) is 11.2. The van der Waals surface area contributed by atoms with E-state index < -0.39 is 36.3 Å². The number of hydrogen-bond acceptors (Lipinski definition) is 6. The van der Waals surface area contributed by atoms with E-state index in [-0.39, 0.29) is 13.2 Å². The second-order valence-electron chi connectivity index (χ2n) is 7.64. The molecule has 0 bridgehead atoms. The Bertz CT molecular complexity index is 946. The highest BCUT2D eigenvalue weighted by Crippen LogP contribution is 2.41. The molecule has 2 aromatic rings. The fourth-order valence-electron chi connectivity index (χ4n) is 4.05. The fraction of sp³-hybridized carbons (Fsp3) is 0.348. The molecule has 31 heavy (non-hydrogen) atoms. The minimum atomic E-state index is -1.46. The van der Waals surface area contributed by atoms with E-state index in [4.69, 9.17) is 14.2 Å². The largest absolute Gasteiger partial charge is 0.445 e. The van der Waals surface area contributed by atoms with Crippen LogP contribution in [-0.2, 0) is 37.0 Å². The standard InChI is InChI=1S/C23H22INO6/c24-18-10-8-16(9-11-18)14-25(22(28)29-15-17-5-2-1-3-6-17)19-7-4-12-23(19)30-20(26)13-21(27)31-23/h1-3,5-6,8-11,19H,4,7,12-15H2. The molecule has 2 fully saturated rings. The van der Waals surface area contributed by atoms with E-state index in [0.717, 1.165) is 14.7 Å². The molecule has 1 amide bonds. The van der Waals surface area contributed by atoms with Crippen molar-refractivity contribution in [3.63, 3.8) is 0 Å². The van der Waals surface area contributed by atoms with E-state index in [1.807, 2.05) is 54.6 Å². The third-order valence-electron chi connectivity index (χ3n) is 5.45. The summed E-state index contributed by atoms with van der Waals surface area (Å²) in [7, 11) is 0. The summed E-state index contributed by atoms with van der Waals surface area (Å²) in [5.74, 6) is -2.72. The highest BCUT2D eigenvalue weighted by Gasteiger charge is 2.56. The van der Waals surface area contributed by atoms with Crippen molar-refractivity contribution in [2.45, 2.75) is 50.7 Å². The van der Waals surface area contributed by atoms with Crippen LogP contribution < -0.4 is 0 Å². The number of carbonyl (C=O) groups excluding carboxylic acids is 3. The molecule has 0 aromatic heterocycles. The summed E-state index contributed by atoms with van der Waals surface area (Å²) >= 11 is 2.22. The minimum Gasteiger partial charge on any atom is -0.445 e. The summed E-state index contributed by atoms with van der Waals surface area (Å²) in [6.07, 6.45) is 0.575. The molecule has 1 saturated carbocycles. The number of esters is 2. The summed E-state index contributed by atoms with van der Waals surface area (Å²) in [5, 5.41) is 0. The summed E-state index contributed by atoms with van der Waals surface area (Å²) in [4.78, 5) is 38.7. The van der Waals surface area contributed by atoms with Crippen molar-refractivity contribution < 1.29 is 28.6 Å². The third-order valence-corrected chi connectivity index (χ3v) is 6.17. The Morgan fingerprint density at radius 3 is 2.39 bits per heavy atom. The molecule has 2 aliphatic rings. The van der Waals surface area contributed by atoms with Gasteiger partial charge in [0.05, 0.1) is 0 Å². The zero-order valence-corrected chi connectivity index (χ0v) is 18.9. The lowest BCUT2D eigenvalue weighted by molar-refractivity contribution is -0.256. The van der Waals surface area contributed by atoms with Gasteiger partial charge in [-0.15, -0.1) is 0 Å². The maximum Gasteiger partial charge on any atom is 0.410 e. The van der Waals surface area contributed by atoms with E-state index in [1.54, 1.807) is 0 Å². The van der Waals surface area contributed by atoms with Crippen molar-refractivity contribution in [1.29, 1.82) is 0 Å². The SMILES string of the molecule is O=C1CC(=O)OC2(CCCC2N(Cc2ccc(I)cc2)C(=O)OCc2ccccc2)O1. The van der Waals surface area contributed by atoms with Crippen molar-refractivity contribution in [1.82, 2.24) is 4.90 Å².